The molecule has 2 heteroatoms. The minimum Gasteiger partial charge on any atom is -0.100 e. The predicted octanol–water partition coefficient (Wildman–Crippen LogP) is 6.55. The van der Waals surface area contributed by atoms with Gasteiger partial charge in [0.1, 0.15) is 0 Å². The third-order valence-corrected chi connectivity index (χ3v) is 15.2. The van der Waals surface area contributed by atoms with Crippen molar-refractivity contribution >= 4 is 75.2 Å². The molecule has 0 aromatic heterocycles. The van der Waals surface area contributed by atoms with Crippen LogP contribution in [0.5, 0.6) is 0 Å². The molecule has 0 N–H and O–H groups in total. The van der Waals surface area contributed by atoms with Crippen LogP contribution in [0.3, 0.4) is 0 Å². The second-order valence-corrected chi connectivity index (χ2v) is 16.0. The fourth-order valence-corrected chi connectivity index (χ4v) is 12.9. The van der Waals surface area contributed by atoms with Crippen molar-refractivity contribution in [3.8, 4) is 0 Å². The van der Waals surface area contributed by atoms with Gasteiger partial charge in [-0.1, -0.05) is 127 Å². The van der Waals surface area contributed by atoms with Gasteiger partial charge in [0.05, 0.1) is 0 Å². The lowest BCUT2D eigenvalue weighted by molar-refractivity contribution is 1.74. The first-order valence-corrected chi connectivity index (χ1v) is 16.0. The van der Waals surface area contributed by atoms with Crippen molar-refractivity contribution in [3.63, 3.8) is 0 Å². The van der Waals surface area contributed by atoms with Crippen molar-refractivity contribution in [2.75, 3.05) is 0 Å². The molecule has 0 aliphatic rings. The number of rotatable bonds is 3. The van der Waals surface area contributed by atoms with Gasteiger partial charge in [-0.25, -0.2) is 0 Å². The first kappa shape index (κ1) is 19.7. The van der Waals surface area contributed by atoms with E-state index < -0.39 is 5.57 Å². The Bertz CT molecular complexity index is 1390. The fraction of sp³-hybridized carbons (Fsp3) is 0. The van der Waals surface area contributed by atoms with E-state index in [-0.39, 0.29) is 0 Å². The lowest BCUT2D eigenvalue weighted by atomic mass is 10.1. The molecule has 0 atom stereocenters. The third kappa shape index (κ3) is 3.01. The molecule has 0 amide bonds. The standard InChI is InChI=1S/C30H21ISi/c31-32(28-19-7-13-22-10-1-4-16-25(22)28,29-20-8-14-23-11-2-5-17-26(23)29)30-21-9-15-24-12-3-6-18-27(24)30/h1-21H. The Morgan fingerprint density at radius 3 is 0.969 bits per heavy atom. The average Bonchev–Trinajstić information content (AvgIpc) is 2.87. The number of halogens is 1. The summed E-state index contributed by atoms with van der Waals surface area (Å²) >= 11 is 2.86. The molecule has 0 spiro atoms. The summed E-state index contributed by atoms with van der Waals surface area (Å²) in [7, 11) is 0. The summed E-state index contributed by atoms with van der Waals surface area (Å²) in [6.45, 7) is 0. The van der Waals surface area contributed by atoms with Crippen LogP contribution in [0, 0.1) is 0 Å². The minimum atomic E-state index is -2.40. The molecule has 0 aliphatic heterocycles. The lowest BCUT2D eigenvalue weighted by Gasteiger charge is -2.31. The maximum Gasteiger partial charge on any atom is 0.218 e. The van der Waals surface area contributed by atoms with Gasteiger partial charge in [-0.05, 0) is 47.9 Å². The average molecular weight is 536 g/mol. The van der Waals surface area contributed by atoms with Crippen molar-refractivity contribution in [2.24, 2.45) is 0 Å². The van der Waals surface area contributed by atoms with Crippen LogP contribution in [-0.4, -0.2) is 5.57 Å². The fourth-order valence-electron chi connectivity index (χ4n) is 5.01. The first-order valence-electron chi connectivity index (χ1n) is 10.9. The molecule has 0 bridgehead atoms. The summed E-state index contributed by atoms with van der Waals surface area (Å²) in [4.78, 5) is 0. The first-order chi connectivity index (χ1) is 15.8. The van der Waals surface area contributed by atoms with Gasteiger partial charge in [-0.15, -0.1) is 21.8 Å². The Kier molecular flexibility index (Phi) is 4.85. The van der Waals surface area contributed by atoms with Crippen LogP contribution >= 0.6 is 21.8 Å². The van der Waals surface area contributed by atoms with Crippen LogP contribution in [0.4, 0.5) is 0 Å². The molecule has 0 nitrogen and oxygen atoms in total. The maximum atomic E-state index is 2.86. The van der Waals surface area contributed by atoms with Gasteiger partial charge < -0.3 is 0 Å². The predicted molar refractivity (Wildman–Crippen MR) is 151 cm³/mol. The van der Waals surface area contributed by atoms with E-state index >= 15 is 0 Å². The maximum absolute atomic E-state index is 2.86. The van der Waals surface area contributed by atoms with Gasteiger partial charge in [0.15, 0.2) is 0 Å². The summed E-state index contributed by atoms with van der Waals surface area (Å²) in [5.74, 6) is 0. The molecule has 0 saturated carbocycles. The van der Waals surface area contributed by atoms with Crippen LogP contribution < -0.4 is 15.6 Å². The minimum absolute atomic E-state index is 1.30. The van der Waals surface area contributed by atoms with Crippen molar-refractivity contribution in [2.45, 2.75) is 0 Å². The zero-order chi connectivity index (χ0) is 21.5. The number of benzene rings is 6. The van der Waals surface area contributed by atoms with Crippen LogP contribution in [0.25, 0.3) is 32.3 Å². The van der Waals surface area contributed by atoms with Crippen molar-refractivity contribution in [1.82, 2.24) is 0 Å². The SMILES string of the molecule is I[Si](c1cccc2ccccc12)(c1cccc2ccccc12)c1cccc2ccccc12. The highest BCUT2D eigenvalue weighted by Gasteiger charge is 2.40. The van der Waals surface area contributed by atoms with Crippen molar-refractivity contribution < 1.29 is 0 Å². The monoisotopic (exact) mass is 536 g/mol. The number of hydrogen-bond donors (Lipinski definition) is 0. The molecule has 0 fully saturated rings. The van der Waals surface area contributed by atoms with Crippen LogP contribution in [-0.2, 0) is 0 Å². The molecule has 0 heterocycles. The van der Waals surface area contributed by atoms with Gasteiger partial charge in [0.25, 0.3) is 0 Å². The Labute approximate surface area is 201 Å². The van der Waals surface area contributed by atoms with Gasteiger partial charge in [0, 0.05) is 0 Å². The molecule has 6 aromatic rings. The van der Waals surface area contributed by atoms with Gasteiger partial charge in [-0.3, -0.25) is 0 Å². The quantitative estimate of drug-likeness (QED) is 0.104. The van der Waals surface area contributed by atoms with E-state index in [0.717, 1.165) is 0 Å². The second kappa shape index (κ2) is 7.87. The summed E-state index contributed by atoms with van der Waals surface area (Å²) in [6, 6.07) is 47.0. The highest BCUT2D eigenvalue weighted by Crippen LogP contribution is 2.27. The Balaban J connectivity index is 1.81. The molecule has 0 radical (unpaired) electrons. The van der Waals surface area contributed by atoms with E-state index in [1.807, 2.05) is 0 Å². The highest BCUT2D eigenvalue weighted by molar-refractivity contribution is 14.1. The molecule has 152 valence electrons. The summed E-state index contributed by atoms with van der Waals surface area (Å²) in [6.07, 6.45) is 0. The van der Waals surface area contributed by atoms with E-state index in [0.29, 0.717) is 0 Å². The van der Waals surface area contributed by atoms with Gasteiger partial charge in [0.2, 0.25) is 5.57 Å². The zero-order valence-electron chi connectivity index (χ0n) is 17.5. The second-order valence-electron chi connectivity index (χ2n) is 8.24. The zero-order valence-corrected chi connectivity index (χ0v) is 20.7. The molecular weight excluding hydrogens is 515 g/mol. The molecule has 0 unspecified atom stereocenters. The molecule has 0 saturated heterocycles. The lowest BCUT2D eigenvalue weighted by Crippen LogP contribution is -2.62. The van der Waals surface area contributed by atoms with E-state index in [4.69, 9.17) is 0 Å². The molecular formula is C30H21ISi. The molecule has 6 aromatic carbocycles. The normalized spacial score (nSPS) is 11.9. The van der Waals surface area contributed by atoms with Crippen LogP contribution in [0.15, 0.2) is 127 Å². The van der Waals surface area contributed by atoms with E-state index in [9.17, 15) is 0 Å². The van der Waals surface area contributed by atoms with Crippen LogP contribution in [0.1, 0.15) is 0 Å². The Hall–Kier alpha value is -2.95. The number of fused-ring (bicyclic) bond motifs is 3. The summed E-state index contributed by atoms with van der Waals surface area (Å²) in [5.41, 5.74) is -2.40. The molecule has 32 heavy (non-hydrogen) atoms. The topological polar surface area (TPSA) is 0 Å². The summed E-state index contributed by atoms with van der Waals surface area (Å²) < 4.78 is 0. The number of hydrogen-bond acceptors (Lipinski definition) is 0. The van der Waals surface area contributed by atoms with Gasteiger partial charge >= 0.3 is 0 Å². The third-order valence-electron chi connectivity index (χ3n) is 6.48. The highest BCUT2D eigenvalue weighted by atomic mass is 127. The Morgan fingerprint density at radius 2 is 0.625 bits per heavy atom. The largest absolute Gasteiger partial charge is 0.218 e. The van der Waals surface area contributed by atoms with E-state index in [2.05, 4.69) is 149 Å². The van der Waals surface area contributed by atoms with Crippen LogP contribution in [0.2, 0.25) is 0 Å². The molecule has 0 aliphatic carbocycles. The van der Waals surface area contributed by atoms with Crippen molar-refractivity contribution in [1.29, 1.82) is 0 Å². The smallest absolute Gasteiger partial charge is 0.100 e. The van der Waals surface area contributed by atoms with Crippen molar-refractivity contribution in [3.05, 3.63) is 127 Å². The Morgan fingerprint density at radius 1 is 0.344 bits per heavy atom. The van der Waals surface area contributed by atoms with E-state index in [1.165, 1.54) is 47.9 Å². The molecule has 6 rings (SSSR count). The van der Waals surface area contributed by atoms with E-state index in [1.54, 1.807) is 0 Å². The summed E-state index contributed by atoms with van der Waals surface area (Å²) in [5, 5.41) is 12.4. The van der Waals surface area contributed by atoms with Gasteiger partial charge in [-0.2, -0.15) is 0 Å².